The lowest BCUT2D eigenvalue weighted by atomic mass is 9.77. The summed E-state index contributed by atoms with van der Waals surface area (Å²) in [4.78, 5) is 56.4. The van der Waals surface area contributed by atoms with Crippen molar-refractivity contribution in [3.05, 3.63) is 98.5 Å². The van der Waals surface area contributed by atoms with E-state index in [4.69, 9.17) is 16.3 Å². The van der Waals surface area contributed by atoms with E-state index in [9.17, 15) is 19.2 Å². The normalized spacial score (nSPS) is 24.4. The maximum Gasteiger partial charge on any atom is 0.241 e. The number of anilines is 1. The number of ketones is 2. The number of nitrogens with zero attached hydrogens (tertiary/aromatic N) is 1. The molecule has 1 spiro atoms. The Morgan fingerprint density at radius 1 is 0.857 bits per heavy atom. The van der Waals surface area contributed by atoms with Crippen molar-refractivity contribution in [1.29, 1.82) is 0 Å². The van der Waals surface area contributed by atoms with Gasteiger partial charge in [-0.05, 0) is 48.4 Å². The molecule has 6 nitrogen and oxygen atoms in total. The molecule has 1 aliphatic carbocycles. The SMILES string of the molecule is Cc1c(Cl)cccc1[C@H]1OC2(C(=O)c3ccccc3C2=O)[C@H]2C(=O)N(c3ccc(Br)cc3)C(=O)[C@@H]12. The molecule has 2 saturated heterocycles. The molecule has 0 saturated carbocycles. The Kier molecular flexibility index (Phi) is 4.90. The summed E-state index contributed by atoms with van der Waals surface area (Å²) in [6, 6.07) is 18.3. The number of benzene rings is 3. The number of carbonyl (C=O) groups is 4. The number of imide groups is 1. The van der Waals surface area contributed by atoms with Gasteiger partial charge in [0.1, 0.15) is 0 Å². The van der Waals surface area contributed by atoms with Gasteiger partial charge in [0, 0.05) is 20.6 Å². The average molecular weight is 551 g/mol. The first-order valence-electron chi connectivity index (χ1n) is 11.0. The van der Waals surface area contributed by atoms with E-state index in [0.717, 1.165) is 9.37 Å². The molecule has 0 aromatic heterocycles. The first-order valence-corrected chi connectivity index (χ1v) is 12.2. The lowest BCUT2D eigenvalue weighted by molar-refractivity contribution is -0.127. The standard InChI is InChI=1S/C27H17BrClNO5/c1-13-16(7-4-8-19(13)29)22-20-21(26(34)30(25(20)33)15-11-9-14(28)10-12-15)27(35-22)23(31)17-5-2-3-6-18(17)24(27)32/h2-12,20-22H,1H3/t20-,21-,22-/m1/s1. The Labute approximate surface area is 214 Å². The van der Waals surface area contributed by atoms with Crippen LogP contribution in [0.3, 0.4) is 0 Å². The predicted octanol–water partition coefficient (Wildman–Crippen LogP) is 5.11. The third kappa shape index (κ3) is 2.86. The van der Waals surface area contributed by atoms with Gasteiger partial charge in [-0.2, -0.15) is 0 Å². The summed E-state index contributed by atoms with van der Waals surface area (Å²) in [7, 11) is 0. The van der Waals surface area contributed by atoms with Gasteiger partial charge in [0.25, 0.3) is 0 Å². The molecule has 0 unspecified atom stereocenters. The van der Waals surface area contributed by atoms with Crippen LogP contribution in [0.15, 0.2) is 71.2 Å². The number of hydrogen-bond donors (Lipinski definition) is 0. The van der Waals surface area contributed by atoms with Crippen molar-refractivity contribution in [3.63, 3.8) is 0 Å². The number of Topliss-reactive ketones (excluding diaryl/α,β-unsaturated/α-hetero) is 2. The summed E-state index contributed by atoms with van der Waals surface area (Å²) in [5, 5.41) is 0.456. The van der Waals surface area contributed by atoms with E-state index in [2.05, 4.69) is 15.9 Å². The zero-order valence-corrected chi connectivity index (χ0v) is 20.7. The number of amides is 2. The zero-order chi connectivity index (χ0) is 24.6. The summed E-state index contributed by atoms with van der Waals surface area (Å²) >= 11 is 9.72. The van der Waals surface area contributed by atoms with Crippen molar-refractivity contribution in [2.75, 3.05) is 4.90 Å². The van der Waals surface area contributed by atoms with Crippen LogP contribution < -0.4 is 4.90 Å². The summed E-state index contributed by atoms with van der Waals surface area (Å²) in [5.41, 5.74) is -0.119. The number of ether oxygens (including phenoxy) is 1. The summed E-state index contributed by atoms with van der Waals surface area (Å²) in [5.74, 6) is -4.68. The molecule has 174 valence electrons. The Morgan fingerprint density at radius 2 is 1.49 bits per heavy atom. The summed E-state index contributed by atoms with van der Waals surface area (Å²) in [6.45, 7) is 1.78. The predicted molar refractivity (Wildman–Crippen MR) is 131 cm³/mol. The molecular formula is C27H17BrClNO5. The highest BCUT2D eigenvalue weighted by Crippen LogP contribution is 2.58. The molecule has 3 aliphatic rings. The topological polar surface area (TPSA) is 80.8 Å². The van der Waals surface area contributed by atoms with E-state index in [1.54, 1.807) is 73.7 Å². The quantitative estimate of drug-likeness (QED) is 0.327. The van der Waals surface area contributed by atoms with E-state index in [1.165, 1.54) is 0 Å². The fraction of sp³-hybridized carbons (Fsp3) is 0.185. The molecule has 3 atom stereocenters. The second kappa shape index (κ2) is 7.68. The molecule has 0 N–H and O–H groups in total. The van der Waals surface area contributed by atoms with Gasteiger partial charge in [0.2, 0.25) is 29.0 Å². The van der Waals surface area contributed by atoms with E-state index >= 15 is 0 Å². The monoisotopic (exact) mass is 549 g/mol. The molecule has 3 aromatic rings. The van der Waals surface area contributed by atoms with Crippen molar-refractivity contribution in [2.45, 2.75) is 18.6 Å². The highest BCUT2D eigenvalue weighted by Gasteiger charge is 2.74. The minimum Gasteiger partial charge on any atom is -0.349 e. The van der Waals surface area contributed by atoms with Crippen LogP contribution in [0.25, 0.3) is 0 Å². The maximum atomic E-state index is 13.9. The van der Waals surface area contributed by atoms with Gasteiger partial charge in [-0.1, -0.05) is 63.9 Å². The van der Waals surface area contributed by atoms with Crippen LogP contribution in [0, 0.1) is 18.8 Å². The van der Waals surface area contributed by atoms with Gasteiger partial charge in [-0.3, -0.25) is 19.2 Å². The number of hydrogen-bond acceptors (Lipinski definition) is 5. The van der Waals surface area contributed by atoms with Crippen LogP contribution in [0.5, 0.6) is 0 Å². The van der Waals surface area contributed by atoms with Crippen LogP contribution in [0.4, 0.5) is 5.69 Å². The molecule has 6 rings (SSSR count). The van der Waals surface area contributed by atoms with Gasteiger partial charge < -0.3 is 4.74 Å². The van der Waals surface area contributed by atoms with Crippen LogP contribution in [-0.2, 0) is 14.3 Å². The van der Waals surface area contributed by atoms with Crippen LogP contribution in [0.2, 0.25) is 5.02 Å². The van der Waals surface area contributed by atoms with Crippen molar-refractivity contribution >= 4 is 56.6 Å². The third-order valence-electron chi connectivity index (χ3n) is 7.22. The fourth-order valence-corrected chi connectivity index (χ4v) is 6.02. The molecule has 2 amide bonds. The molecule has 35 heavy (non-hydrogen) atoms. The third-order valence-corrected chi connectivity index (χ3v) is 8.16. The fourth-order valence-electron chi connectivity index (χ4n) is 5.58. The first-order chi connectivity index (χ1) is 16.8. The molecule has 2 aliphatic heterocycles. The lowest BCUT2D eigenvalue weighted by Gasteiger charge is -2.27. The van der Waals surface area contributed by atoms with Gasteiger partial charge in [0.15, 0.2) is 0 Å². The zero-order valence-electron chi connectivity index (χ0n) is 18.3. The molecule has 2 fully saturated rings. The Balaban J connectivity index is 1.57. The summed E-state index contributed by atoms with van der Waals surface area (Å²) < 4.78 is 7.10. The minimum absolute atomic E-state index is 0.196. The Bertz CT molecular complexity index is 1430. The highest BCUT2D eigenvalue weighted by molar-refractivity contribution is 9.10. The number of fused-ring (bicyclic) bond motifs is 3. The number of rotatable bonds is 2. The minimum atomic E-state index is -2.11. The van der Waals surface area contributed by atoms with E-state index < -0.39 is 46.9 Å². The van der Waals surface area contributed by atoms with Gasteiger partial charge >= 0.3 is 0 Å². The molecule has 8 heteroatoms. The molecular weight excluding hydrogens is 534 g/mol. The number of halogens is 2. The largest absolute Gasteiger partial charge is 0.349 e. The van der Waals surface area contributed by atoms with Crippen molar-refractivity contribution in [3.8, 4) is 0 Å². The van der Waals surface area contributed by atoms with Gasteiger partial charge in [-0.25, -0.2) is 4.90 Å². The van der Waals surface area contributed by atoms with Crippen LogP contribution >= 0.6 is 27.5 Å². The van der Waals surface area contributed by atoms with Crippen molar-refractivity contribution < 1.29 is 23.9 Å². The van der Waals surface area contributed by atoms with Crippen molar-refractivity contribution in [2.24, 2.45) is 11.8 Å². The van der Waals surface area contributed by atoms with E-state index in [1.807, 2.05) is 0 Å². The van der Waals surface area contributed by atoms with Crippen molar-refractivity contribution in [1.82, 2.24) is 0 Å². The molecule has 0 bridgehead atoms. The average Bonchev–Trinajstić information content (AvgIpc) is 3.42. The van der Waals surface area contributed by atoms with Gasteiger partial charge in [-0.15, -0.1) is 0 Å². The second-order valence-electron chi connectivity index (χ2n) is 8.92. The molecule has 3 aromatic carbocycles. The van der Waals surface area contributed by atoms with E-state index in [0.29, 0.717) is 21.8 Å². The molecule has 0 radical (unpaired) electrons. The molecule has 2 heterocycles. The maximum absolute atomic E-state index is 13.9. The van der Waals surface area contributed by atoms with Gasteiger partial charge in [0.05, 0.1) is 23.6 Å². The Morgan fingerprint density at radius 3 is 2.11 bits per heavy atom. The number of carbonyl (C=O) groups excluding carboxylic acids is 4. The summed E-state index contributed by atoms with van der Waals surface area (Å²) in [6.07, 6.45) is -1.00. The Hall–Kier alpha value is -3.13. The lowest BCUT2D eigenvalue weighted by Crippen LogP contribution is -2.51. The van der Waals surface area contributed by atoms with Crippen LogP contribution in [-0.4, -0.2) is 29.0 Å². The second-order valence-corrected chi connectivity index (χ2v) is 10.2. The first kappa shape index (κ1) is 22.3. The smallest absolute Gasteiger partial charge is 0.241 e. The van der Waals surface area contributed by atoms with Crippen LogP contribution in [0.1, 0.15) is 37.9 Å². The highest BCUT2D eigenvalue weighted by atomic mass is 79.9. The van der Waals surface area contributed by atoms with E-state index in [-0.39, 0.29) is 11.1 Å².